The van der Waals surface area contributed by atoms with E-state index in [1.54, 1.807) is 12.1 Å². The standard InChI is InChI=1S/C12H8O2/c13-11-8-5-1-3-7-4-2-6-9(10(7)8)12(11)14/h1-6,11,13H/t11-/m1/s1. The average Bonchev–Trinajstić information content (AvgIpc) is 2.47. The van der Waals surface area contributed by atoms with E-state index >= 15 is 0 Å². The summed E-state index contributed by atoms with van der Waals surface area (Å²) >= 11 is 0. The van der Waals surface area contributed by atoms with Gasteiger partial charge >= 0.3 is 0 Å². The van der Waals surface area contributed by atoms with E-state index in [-0.39, 0.29) is 5.78 Å². The van der Waals surface area contributed by atoms with Crippen molar-refractivity contribution in [1.82, 2.24) is 0 Å². The van der Waals surface area contributed by atoms with Crippen LogP contribution < -0.4 is 0 Å². The van der Waals surface area contributed by atoms with E-state index in [2.05, 4.69) is 0 Å². The fraction of sp³-hybridized carbons (Fsp3) is 0.0833. The zero-order chi connectivity index (χ0) is 9.71. The van der Waals surface area contributed by atoms with Crippen LogP contribution in [0.25, 0.3) is 10.8 Å². The molecule has 2 aromatic rings. The molecule has 0 unspecified atom stereocenters. The van der Waals surface area contributed by atoms with Crippen LogP contribution in [-0.4, -0.2) is 10.9 Å². The molecule has 68 valence electrons. The van der Waals surface area contributed by atoms with E-state index < -0.39 is 6.10 Å². The monoisotopic (exact) mass is 184 g/mol. The van der Waals surface area contributed by atoms with E-state index in [1.807, 2.05) is 24.3 Å². The summed E-state index contributed by atoms with van der Waals surface area (Å²) in [5.41, 5.74) is 1.38. The second-order valence-electron chi connectivity index (χ2n) is 3.52. The zero-order valence-electron chi connectivity index (χ0n) is 7.40. The van der Waals surface area contributed by atoms with Crippen LogP contribution in [0.4, 0.5) is 0 Å². The number of ketones is 1. The molecule has 1 aliphatic carbocycles. The van der Waals surface area contributed by atoms with Crippen molar-refractivity contribution < 1.29 is 9.90 Å². The van der Waals surface area contributed by atoms with Crippen molar-refractivity contribution >= 4 is 16.6 Å². The molecule has 0 aromatic heterocycles. The van der Waals surface area contributed by atoms with Gasteiger partial charge in [-0.3, -0.25) is 4.79 Å². The van der Waals surface area contributed by atoms with Gasteiger partial charge < -0.3 is 5.11 Å². The molecule has 0 spiro atoms. The Morgan fingerprint density at radius 3 is 2.57 bits per heavy atom. The van der Waals surface area contributed by atoms with Crippen LogP contribution in [0.1, 0.15) is 22.0 Å². The first-order chi connectivity index (χ1) is 6.79. The van der Waals surface area contributed by atoms with E-state index in [0.29, 0.717) is 5.56 Å². The van der Waals surface area contributed by atoms with Crippen molar-refractivity contribution in [2.24, 2.45) is 0 Å². The van der Waals surface area contributed by atoms with Crippen molar-refractivity contribution in [2.75, 3.05) is 0 Å². The Hall–Kier alpha value is -1.67. The molecule has 0 heterocycles. The molecule has 3 rings (SSSR count). The molecule has 0 bridgehead atoms. The van der Waals surface area contributed by atoms with Crippen LogP contribution in [0.3, 0.4) is 0 Å². The molecular formula is C12H8O2. The van der Waals surface area contributed by atoms with Gasteiger partial charge in [-0.1, -0.05) is 36.4 Å². The zero-order valence-corrected chi connectivity index (χ0v) is 7.40. The van der Waals surface area contributed by atoms with E-state index in [1.165, 1.54) is 0 Å². The highest BCUT2D eigenvalue weighted by Crippen LogP contribution is 2.36. The number of aliphatic hydroxyl groups excluding tert-OH is 1. The third-order valence-corrected chi connectivity index (χ3v) is 2.75. The first-order valence-corrected chi connectivity index (χ1v) is 4.53. The number of Topliss-reactive ketones (excluding diaryl/α,β-unsaturated/α-hetero) is 1. The number of carbonyl (C=O) groups is 1. The molecule has 14 heavy (non-hydrogen) atoms. The molecule has 2 aromatic carbocycles. The molecular weight excluding hydrogens is 176 g/mol. The molecule has 2 nitrogen and oxygen atoms in total. The first-order valence-electron chi connectivity index (χ1n) is 4.53. The molecule has 0 aliphatic heterocycles. The lowest BCUT2D eigenvalue weighted by Gasteiger charge is -2.00. The van der Waals surface area contributed by atoms with Gasteiger partial charge in [-0.05, 0) is 16.3 Å². The Labute approximate surface area is 80.8 Å². The minimum atomic E-state index is -0.962. The van der Waals surface area contributed by atoms with Gasteiger partial charge in [0.2, 0.25) is 0 Å². The fourth-order valence-corrected chi connectivity index (χ4v) is 2.09. The van der Waals surface area contributed by atoms with Crippen molar-refractivity contribution in [3.63, 3.8) is 0 Å². The lowest BCUT2D eigenvalue weighted by atomic mass is 10.1. The first kappa shape index (κ1) is 7.71. The number of aliphatic hydroxyl groups is 1. The predicted molar refractivity (Wildman–Crippen MR) is 53.2 cm³/mol. The predicted octanol–water partition coefficient (Wildman–Crippen LogP) is 2.07. The lowest BCUT2D eigenvalue weighted by molar-refractivity contribution is 0.0766. The Bertz CT molecular complexity index is 538. The Morgan fingerprint density at radius 1 is 1.07 bits per heavy atom. The molecule has 0 radical (unpaired) electrons. The summed E-state index contributed by atoms with van der Waals surface area (Å²) < 4.78 is 0. The minimum absolute atomic E-state index is 0.184. The van der Waals surface area contributed by atoms with E-state index in [4.69, 9.17) is 0 Å². The Balaban J connectivity index is 2.55. The third-order valence-electron chi connectivity index (χ3n) is 2.75. The molecule has 2 heteroatoms. The van der Waals surface area contributed by atoms with Gasteiger partial charge in [-0.25, -0.2) is 0 Å². The number of rotatable bonds is 0. The van der Waals surface area contributed by atoms with Gasteiger partial charge in [0.05, 0.1) is 0 Å². The Kier molecular flexibility index (Phi) is 1.33. The minimum Gasteiger partial charge on any atom is -0.380 e. The van der Waals surface area contributed by atoms with Gasteiger partial charge in [0.15, 0.2) is 5.78 Å². The highest BCUT2D eigenvalue weighted by molar-refractivity contribution is 6.17. The maximum Gasteiger partial charge on any atom is 0.196 e. The summed E-state index contributed by atoms with van der Waals surface area (Å²) in [7, 11) is 0. The van der Waals surface area contributed by atoms with Gasteiger partial charge in [-0.15, -0.1) is 0 Å². The number of hydrogen-bond acceptors (Lipinski definition) is 2. The Morgan fingerprint density at radius 2 is 1.79 bits per heavy atom. The number of benzene rings is 2. The smallest absolute Gasteiger partial charge is 0.196 e. The average molecular weight is 184 g/mol. The third kappa shape index (κ3) is 0.763. The highest BCUT2D eigenvalue weighted by Gasteiger charge is 2.30. The summed E-state index contributed by atoms with van der Waals surface area (Å²) in [6.45, 7) is 0. The van der Waals surface area contributed by atoms with Gasteiger partial charge in [-0.2, -0.15) is 0 Å². The number of hydrogen-bond donors (Lipinski definition) is 1. The van der Waals surface area contributed by atoms with Crippen LogP contribution in [0, 0.1) is 0 Å². The maximum atomic E-state index is 11.6. The SMILES string of the molecule is O=C1c2cccc3cccc(c23)[C@H]1O. The molecule has 1 N–H and O–H groups in total. The second kappa shape index (κ2) is 2.42. The van der Waals surface area contributed by atoms with Gasteiger partial charge in [0.25, 0.3) is 0 Å². The van der Waals surface area contributed by atoms with Crippen molar-refractivity contribution in [3.8, 4) is 0 Å². The summed E-state index contributed by atoms with van der Waals surface area (Å²) in [6.07, 6.45) is -0.962. The second-order valence-corrected chi connectivity index (χ2v) is 3.52. The van der Waals surface area contributed by atoms with E-state index in [0.717, 1.165) is 16.3 Å². The fourth-order valence-electron chi connectivity index (χ4n) is 2.09. The van der Waals surface area contributed by atoms with Crippen molar-refractivity contribution in [2.45, 2.75) is 6.10 Å². The molecule has 0 saturated carbocycles. The van der Waals surface area contributed by atoms with Crippen LogP contribution in [0.5, 0.6) is 0 Å². The largest absolute Gasteiger partial charge is 0.380 e. The van der Waals surface area contributed by atoms with Crippen molar-refractivity contribution in [1.29, 1.82) is 0 Å². The van der Waals surface area contributed by atoms with E-state index in [9.17, 15) is 9.90 Å². The van der Waals surface area contributed by atoms with Crippen LogP contribution in [0.15, 0.2) is 36.4 Å². The number of carbonyl (C=O) groups excluding carboxylic acids is 1. The van der Waals surface area contributed by atoms with Crippen molar-refractivity contribution in [3.05, 3.63) is 47.5 Å². The molecule has 0 amide bonds. The topological polar surface area (TPSA) is 37.3 Å². The van der Waals surface area contributed by atoms with Crippen LogP contribution in [0.2, 0.25) is 0 Å². The summed E-state index contributed by atoms with van der Waals surface area (Å²) in [4.78, 5) is 11.6. The normalized spacial score (nSPS) is 19.2. The van der Waals surface area contributed by atoms with Crippen LogP contribution >= 0.6 is 0 Å². The van der Waals surface area contributed by atoms with Gasteiger partial charge in [0, 0.05) is 5.56 Å². The molecule has 0 fully saturated rings. The summed E-state index contributed by atoms with van der Waals surface area (Å²) in [5.74, 6) is -0.184. The summed E-state index contributed by atoms with van der Waals surface area (Å²) in [6, 6.07) is 11.2. The molecule has 0 saturated heterocycles. The highest BCUT2D eigenvalue weighted by atomic mass is 16.3. The van der Waals surface area contributed by atoms with Crippen LogP contribution in [-0.2, 0) is 0 Å². The van der Waals surface area contributed by atoms with Gasteiger partial charge in [0.1, 0.15) is 6.10 Å². The quantitative estimate of drug-likeness (QED) is 0.680. The molecule has 1 aliphatic rings. The molecule has 1 atom stereocenters. The summed E-state index contributed by atoms with van der Waals surface area (Å²) in [5, 5.41) is 11.6. The lowest BCUT2D eigenvalue weighted by Crippen LogP contribution is -2.03. The maximum absolute atomic E-state index is 11.6.